The van der Waals surface area contributed by atoms with Crippen LogP contribution in [0.15, 0.2) is 59.5 Å². The molecule has 1 aliphatic rings. The van der Waals surface area contributed by atoms with E-state index in [0.717, 1.165) is 24.4 Å². The van der Waals surface area contributed by atoms with Gasteiger partial charge < -0.3 is 11.1 Å². The number of rotatable bonds is 3. The van der Waals surface area contributed by atoms with Crippen molar-refractivity contribution in [2.75, 3.05) is 0 Å². The molecule has 0 heterocycles. The average Bonchev–Trinajstić information content (AvgIpc) is 2.38. The Balaban J connectivity index is 2.05. The minimum atomic E-state index is 0.847. The smallest absolute Gasteiger partial charge is 0.0403 e. The molecule has 0 unspecified atom stereocenters. The lowest BCUT2D eigenvalue weighted by molar-refractivity contribution is 0.820. The number of nitrogens with one attached hydrogen (secondary N) is 1. The average molecular weight is 240 g/mol. The van der Waals surface area contributed by atoms with Crippen molar-refractivity contribution in [2.45, 2.75) is 26.8 Å². The van der Waals surface area contributed by atoms with E-state index in [4.69, 9.17) is 5.73 Å². The number of aryl methyl sites for hydroxylation is 1. The standard InChI is InChI=1S/C16H20N2/c1-12-6-3-4-7-15(12)11-18-16-9-5-8-14(10-16)13(2)17/h3-7,9-10,18H,8,11,17H2,1-2H3/b14-13-. The maximum atomic E-state index is 5.83. The predicted molar refractivity (Wildman–Crippen MR) is 76.7 cm³/mol. The summed E-state index contributed by atoms with van der Waals surface area (Å²) in [5.41, 5.74) is 11.7. The zero-order chi connectivity index (χ0) is 13.0. The summed E-state index contributed by atoms with van der Waals surface area (Å²) in [4.78, 5) is 0. The Morgan fingerprint density at radius 1 is 1.33 bits per heavy atom. The van der Waals surface area contributed by atoms with E-state index in [9.17, 15) is 0 Å². The van der Waals surface area contributed by atoms with E-state index >= 15 is 0 Å². The third-order valence-corrected chi connectivity index (χ3v) is 3.22. The quantitative estimate of drug-likeness (QED) is 0.851. The van der Waals surface area contributed by atoms with Gasteiger partial charge in [-0.2, -0.15) is 0 Å². The summed E-state index contributed by atoms with van der Waals surface area (Å²) < 4.78 is 0. The Morgan fingerprint density at radius 3 is 2.83 bits per heavy atom. The minimum absolute atomic E-state index is 0.847. The summed E-state index contributed by atoms with van der Waals surface area (Å²) in [5.74, 6) is 0. The molecule has 0 radical (unpaired) electrons. The van der Waals surface area contributed by atoms with E-state index in [2.05, 4.69) is 54.7 Å². The van der Waals surface area contributed by atoms with Gasteiger partial charge in [-0.05, 0) is 49.1 Å². The van der Waals surface area contributed by atoms with Gasteiger partial charge in [0.2, 0.25) is 0 Å². The molecule has 2 rings (SSSR count). The van der Waals surface area contributed by atoms with Crippen LogP contribution in [0.5, 0.6) is 0 Å². The van der Waals surface area contributed by atoms with Crippen LogP contribution in [0, 0.1) is 6.92 Å². The number of nitrogens with two attached hydrogens (primary N) is 1. The zero-order valence-corrected chi connectivity index (χ0v) is 11.0. The molecule has 0 aliphatic heterocycles. The monoisotopic (exact) mass is 240 g/mol. The summed E-state index contributed by atoms with van der Waals surface area (Å²) in [6.45, 7) is 4.93. The van der Waals surface area contributed by atoms with Crippen molar-refractivity contribution in [1.29, 1.82) is 0 Å². The number of allylic oxidation sites excluding steroid dienone is 5. The van der Waals surface area contributed by atoms with E-state index in [1.54, 1.807) is 0 Å². The molecule has 1 aromatic carbocycles. The minimum Gasteiger partial charge on any atom is -0.402 e. The summed E-state index contributed by atoms with van der Waals surface area (Å²) in [7, 11) is 0. The van der Waals surface area contributed by atoms with Gasteiger partial charge in [-0.25, -0.2) is 0 Å². The SMILES string of the molecule is C/C(N)=C1/C=C(NCc2ccccc2C)C=CC1. The predicted octanol–water partition coefficient (Wildman–Crippen LogP) is 3.16. The van der Waals surface area contributed by atoms with Crippen LogP contribution in [0.4, 0.5) is 0 Å². The van der Waals surface area contributed by atoms with Crippen LogP contribution in [0.3, 0.4) is 0 Å². The van der Waals surface area contributed by atoms with E-state index in [1.807, 2.05) is 6.92 Å². The first-order valence-electron chi connectivity index (χ1n) is 6.28. The summed E-state index contributed by atoms with van der Waals surface area (Å²) in [5, 5.41) is 3.45. The fourth-order valence-electron chi connectivity index (χ4n) is 2.00. The van der Waals surface area contributed by atoms with Crippen LogP contribution >= 0.6 is 0 Å². The van der Waals surface area contributed by atoms with Crippen molar-refractivity contribution in [3.8, 4) is 0 Å². The van der Waals surface area contributed by atoms with Gasteiger partial charge in [-0.1, -0.05) is 30.3 Å². The Kier molecular flexibility index (Phi) is 3.88. The van der Waals surface area contributed by atoms with Crippen molar-refractivity contribution in [1.82, 2.24) is 5.32 Å². The second kappa shape index (κ2) is 5.58. The van der Waals surface area contributed by atoms with Gasteiger partial charge in [0.1, 0.15) is 0 Å². The molecule has 2 heteroatoms. The molecular weight excluding hydrogens is 220 g/mol. The van der Waals surface area contributed by atoms with E-state index < -0.39 is 0 Å². The first-order chi connectivity index (χ1) is 8.66. The normalized spacial score (nSPS) is 17.3. The third kappa shape index (κ3) is 3.04. The molecule has 0 fully saturated rings. The van der Waals surface area contributed by atoms with Crippen LogP contribution in [0.25, 0.3) is 0 Å². The molecule has 18 heavy (non-hydrogen) atoms. The van der Waals surface area contributed by atoms with Gasteiger partial charge in [0.25, 0.3) is 0 Å². The highest BCUT2D eigenvalue weighted by Crippen LogP contribution is 2.16. The lowest BCUT2D eigenvalue weighted by Gasteiger charge is -2.14. The second-order valence-corrected chi connectivity index (χ2v) is 4.69. The molecule has 0 spiro atoms. The van der Waals surface area contributed by atoms with Crippen molar-refractivity contribution in [2.24, 2.45) is 5.73 Å². The van der Waals surface area contributed by atoms with Gasteiger partial charge in [0.05, 0.1) is 0 Å². The van der Waals surface area contributed by atoms with Crippen LogP contribution in [-0.4, -0.2) is 0 Å². The summed E-state index contributed by atoms with van der Waals surface area (Å²) in [6, 6.07) is 8.43. The Bertz CT molecular complexity index is 518. The van der Waals surface area contributed by atoms with Crippen molar-refractivity contribution in [3.63, 3.8) is 0 Å². The van der Waals surface area contributed by atoms with Crippen LogP contribution < -0.4 is 11.1 Å². The van der Waals surface area contributed by atoms with Gasteiger partial charge >= 0.3 is 0 Å². The van der Waals surface area contributed by atoms with Crippen molar-refractivity contribution < 1.29 is 0 Å². The van der Waals surface area contributed by atoms with Gasteiger partial charge in [0.15, 0.2) is 0 Å². The Labute approximate surface area is 109 Å². The first-order valence-corrected chi connectivity index (χ1v) is 6.28. The number of benzene rings is 1. The van der Waals surface area contributed by atoms with Gasteiger partial charge in [-0.15, -0.1) is 0 Å². The topological polar surface area (TPSA) is 38.0 Å². The van der Waals surface area contributed by atoms with Crippen molar-refractivity contribution >= 4 is 0 Å². The maximum Gasteiger partial charge on any atom is 0.0403 e. The molecule has 3 N–H and O–H groups in total. The van der Waals surface area contributed by atoms with Crippen LogP contribution in [-0.2, 0) is 6.54 Å². The van der Waals surface area contributed by atoms with E-state index in [-0.39, 0.29) is 0 Å². The largest absolute Gasteiger partial charge is 0.402 e. The molecule has 94 valence electrons. The summed E-state index contributed by atoms with van der Waals surface area (Å²) in [6.07, 6.45) is 7.32. The molecule has 0 saturated carbocycles. The highest BCUT2D eigenvalue weighted by molar-refractivity contribution is 5.38. The van der Waals surface area contributed by atoms with Gasteiger partial charge in [-0.3, -0.25) is 0 Å². The number of hydrogen-bond donors (Lipinski definition) is 2. The van der Waals surface area contributed by atoms with Crippen molar-refractivity contribution in [3.05, 3.63) is 70.6 Å². The zero-order valence-electron chi connectivity index (χ0n) is 11.0. The molecule has 1 aromatic rings. The Hall–Kier alpha value is -1.96. The molecule has 0 atom stereocenters. The fraction of sp³-hybridized carbons (Fsp3) is 0.250. The van der Waals surface area contributed by atoms with E-state index in [0.29, 0.717) is 0 Å². The molecule has 0 saturated heterocycles. The highest BCUT2D eigenvalue weighted by Gasteiger charge is 2.04. The summed E-state index contributed by atoms with van der Waals surface area (Å²) >= 11 is 0. The molecule has 1 aliphatic carbocycles. The fourth-order valence-corrected chi connectivity index (χ4v) is 2.00. The molecular formula is C16H20N2. The lowest BCUT2D eigenvalue weighted by atomic mass is 10.0. The molecule has 0 bridgehead atoms. The molecule has 0 aromatic heterocycles. The first kappa shape index (κ1) is 12.5. The Morgan fingerprint density at radius 2 is 2.11 bits per heavy atom. The van der Waals surface area contributed by atoms with Gasteiger partial charge in [0, 0.05) is 17.9 Å². The van der Waals surface area contributed by atoms with Crippen LogP contribution in [0.2, 0.25) is 0 Å². The third-order valence-electron chi connectivity index (χ3n) is 3.22. The van der Waals surface area contributed by atoms with Crippen LogP contribution in [0.1, 0.15) is 24.5 Å². The lowest BCUT2D eigenvalue weighted by Crippen LogP contribution is -2.14. The molecule has 0 amide bonds. The molecule has 2 nitrogen and oxygen atoms in total. The second-order valence-electron chi connectivity index (χ2n) is 4.69. The number of hydrogen-bond acceptors (Lipinski definition) is 2. The maximum absolute atomic E-state index is 5.83. The van der Waals surface area contributed by atoms with E-state index in [1.165, 1.54) is 16.7 Å². The highest BCUT2D eigenvalue weighted by atomic mass is 14.9.